The van der Waals surface area contributed by atoms with Crippen molar-refractivity contribution in [1.82, 2.24) is 10.2 Å². The number of carbonyl (C=O) groups is 1. The number of aryl methyl sites for hydroxylation is 1. The normalized spacial score (nSPS) is 21.5. The zero-order chi connectivity index (χ0) is 21.3. The van der Waals surface area contributed by atoms with E-state index in [4.69, 9.17) is 4.74 Å². The summed E-state index contributed by atoms with van der Waals surface area (Å²) in [6, 6.07) is 13.1. The molecule has 2 aliphatic heterocycles. The van der Waals surface area contributed by atoms with Gasteiger partial charge >= 0.3 is 0 Å². The number of halogens is 1. The molecule has 0 saturated carbocycles. The average Bonchev–Trinajstić information content (AvgIpc) is 2.69. The third-order valence-corrected chi connectivity index (χ3v) is 6.25. The highest BCUT2D eigenvalue weighted by atomic mass is 19.1. The van der Waals surface area contributed by atoms with Crippen LogP contribution in [0.1, 0.15) is 55.8 Å². The Kier molecular flexibility index (Phi) is 5.83. The van der Waals surface area contributed by atoms with Crippen LogP contribution in [-0.4, -0.2) is 29.5 Å². The van der Waals surface area contributed by atoms with E-state index in [9.17, 15) is 9.18 Å². The van der Waals surface area contributed by atoms with E-state index in [2.05, 4.69) is 42.3 Å². The number of carbonyl (C=O) groups excluding carboxylic acids is 1. The van der Waals surface area contributed by atoms with Gasteiger partial charge in [-0.2, -0.15) is 0 Å². The molecule has 5 heteroatoms. The standard InChI is InChI=1S/C25H31FN2O2/c1-17-8-9-20-22(15-25(2,3)30-23(20)14-17)27-24(29)18-10-12-28(13-11-18)16-19-6-4-5-7-21(19)26/h4-9,14,18,22H,10-13,15-16H2,1-3H3,(H,27,29). The van der Waals surface area contributed by atoms with Crippen molar-refractivity contribution in [3.05, 3.63) is 65.0 Å². The number of nitrogens with one attached hydrogen (secondary N) is 1. The number of rotatable bonds is 4. The second kappa shape index (κ2) is 8.38. The fourth-order valence-corrected chi connectivity index (χ4v) is 4.60. The Bertz CT molecular complexity index is 919. The largest absolute Gasteiger partial charge is 0.487 e. The monoisotopic (exact) mass is 410 g/mol. The van der Waals surface area contributed by atoms with Gasteiger partial charge in [-0.3, -0.25) is 9.69 Å². The summed E-state index contributed by atoms with van der Waals surface area (Å²) in [4.78, 5) is 15.3. The van der Waals surface area contributed by atoms with Crippen LogP contribution in [0.4, 0.5) is 4.39 Å². The Labute approximate surface area is 178 Å². The summed E-state index contributed by atoms with van der Waals surface area (Å²) in [6.07, 6.45) is 2.35. The summed E-state index contributed by atoms with van der Waals surface area (Å²) in [7, 11) is 0. The Morgan fingerprint density at radius 1 is 1.20 bits per heavy atom. The maximum Gasteiger partial charge on any atom is 0.223 e. The first-order valence-electron chi connectivity index (χ1n) is 10.9. The van der Waals surface area contributed by atoms with Crippen molar-refractivity contribution < 1.29 is 13.9 Å². The molecule has 1 saturated heterocycles. The quantitative estimate of drug-likeness (QED) is 0.790. The number of piperidine rings is 1. The van der Waals surface area contributed by atoms with E-state index in [1.165, 1.54) is 6.07 Å². The SMILES string of the molecule is Cc1ccc2c(c1)OC(C)(C)CC2NC(=O)C1CCN(Cc2ccccc2F)CC1. The predicted octanol–water partition coefficient (Wildman–Crippen LogP) is 4.76. The molecule has 1 unspecified atom stereocenters. The van der Waals surface area contributed by atoms with Gasteiger partial charge in [0.1, 0.15) is 17.2 Å². The third kappa shape index (κ3) is 4.67. The zero-order valence-electron chi connectivity index (χ0n) is 18.1. The van der Waals surface area contributed by atoms with Gasteiger partial charge in [0.25, 0.3) is 0 Å². The molecule has 0 aromatic heterocycles. The average molecular weight is 411 g/mol. The molecule has 0 spiro atoms. The molecule has 30 heavy (non-hydrogen) atoms. The number of likely N-dealkylation sites (tertiary alicyclic amines) is 1. The van der Waals surface area contributed by atoms with Gasteiger partial charge in [-0.05, 0) is 64.4 Å². The predicted molar refractivity (Wildman–Crippen MR) is 116 cm³/mol. The van der Waals surface area contributed by atoms with E-state index in [1.807, 2.05) is 19.1 Å². The van der Waals surface area contributed by atoms with Crippen molar-refractivity contribution in [2.75, 3.05) is 13.1 Å². The molecule has 0 aliphatic carbocycles. The minimum absolute atomic E-state index is 0.00160. The summed E-state index contributed by atoms with van der Waals surface area (Å²) in [5.74, 6) is 0.834. The Morgan fingerprint density at radius 3 is 2.67 bits per heavy atom. The lowest BCUT2D eigenvalue weighted by molar-refractivity contribution is -0.127. The van der Waals surface area contributed by atoms with Crippen LogP contribution >= 0.6 is 0 Å². The highest BCUT2D eigenvalue weighted by Crippen LogP contribution is 2.40. The highest BCUT2D eigenvalue weighted by Gasteiger charge is 2.36. The number of ether oxygens (including phenoxy) is 1. The van der Waals surface area contributed by atoms with Crippen LogP contribution < -0.4 is 10.1 Å². The lowest BCUT2D eigenvalue weighted by atomic mass is 9.88. The molecule has 2 aromatic rings. The van der Waals surface area contributed by atoms with Gasteiger partial charge in [0.2, 0.25) is 5.91 Å². The molecular weight excluding hydrogens is 379 g/mol. The summed E-state index contributed by atoms with van der Waals surface area (Å²) < 4.78 is 20.1. The number of fused-ring (bicyclic) bond motifs is 1. The van der Waals surface area contributed by atoms with Crippen LogP contribution in [0.15, 0.2) is 42.5 Å². The number of hydrogen-bond donors (Lipinski definition) is 1. The molecule has 4 nitrogen and oxygen atoms in total. The molecule has 2 aliphatic rings. The van der Waals surface area contributed by atoms with Crippen LogP contribution in [0.5, 0.6) is 5.75 Å². The first kappa shape index (κ1) is 20.9. The van der Waals surface area contributed by atoms with Crippen LogP contribution in [0, 0.1) is 18.7 Å². The zero-order valence-corrected chi connectivity index (χ0v) is 18.1. The number of hydrogen-bond acceptors (Lipinski definition) is 3. The first-order chi connectivity index (χ1) is 14.3. The lowest BCUT2D eigenvalue weighted by Gasteiger charge is -2.39. The second-order valence-corrected chi connectivity index (χ2v) is 9.31. The second-order valence-electron chi connectivity index (χ2n) is 9.31. The highest BCUT2D eigenvalue weighted by molar-refractivity contribution is 5.79. The third-order valence-electron chi connectivity index (χ3n) is 6.25. The Morgan fingerprint density at radius 2 is 1.93 bits per heavy atom. The molecule has 1 N–H and O–H groups in total. The molecule has 2 heterocycles. The van der Waals surface area contributed by atoms with Crippen LogP contribution in [0.3, 0.4) is 0 Å². The molecule has 1 fully saturated rings. The molecule has 4 rings (SSSR count). The molecule has 2 aromatic carbocycles. The van der Waals surface area contributed by atoms with Crippen molar-refractivity contribution in [3.8, 4) is 5.75 Å². The van der Waals surface area contributed by atoms with Crippen molar-refractivity contribution in [3.63, 3.8) is 0 Å². The van der Waals surface area contributed by atoms with E-state index in [1.54, 1.807) is 6.07 Å². The van der Waals surface area contributed by atoms with Gasteiger partial charge in [-0.25, -0.2) is 4.39 Å². The number of benzene rings is 2. The molecule has 1 atom stereocenters. The smallest absolute Gasteiger partial charge is 0.223 e. The van der Waals surface area contributed by atoms with E-state index in [0.717, 1.165) is 54.8 Å². The molecule has 0 radical (unpaired) electrons. The van der Waals surface area contributed by atoms with E-state index < -0.39 is 0 Å². The number of nitrogens with zero attached hydrogens (tertiary/aromatic N) is 1. The molecule has 1 amide bonds. The Balaban J connectivity index is 1.37. The lowest BCUT2D eigenvalue weighted by Crippen LogP contribution is -2.45. The maximum atomic E-state index is 13.9. The van der Waals surface area contributed by atoms with E-state index >= 15 is 0 Å². The summed E-state index contributed by atoms with van der Waals surface area (Å²) >= 11 is 0. The van der Waals surface area contributed by atoms with Crippen molar-refractivity contribution in [2.24, 2.45) is 5.92 Å². The van der Waals surface area contributed by atoms with Crippen LogP contribution in [0.25, 0.3) is 0 Å². The minimum atomic E-state index is -0.318. The Hall–Kier alpha value is -2.40. The van der Waals surface area contributed by atoms with Crippen LogP contribution in [-0.2, 0) is 11.3 Å². The van der Waals surface area contributed by atoms with E-state index in [-0.39, 0.29) is 29.3 Å². The summed E-state index contributed by atoms with van der Waals surface area (Å²) in [6.45, 7) is 8.40. The fourth-order valence-electron chi connectivity index (χ4n) is 4.60. The van der Waals surface area contributed by atoms with Crippen molar-refractivity contribution >= 4 is 5.91 Å². The molecule has 0 bridgehead atoms. The van der Waals surface area contributed by atoms with Crippen molar-refractivity contribution in [1.29, 1.82) is 0 Å². The van der Waals surface area contributed by atoms with Crippen molar-refractivity contribution in [2.45, 2.75) is 58.2 Å². The van der Waals surface area contributed by atoms with E-state index in [0.29, 0.717) is 6.54 Å². The van der Waals surface area contributed by atoms with Gasteiger partial charge in [-0.1, -0.05) is 30.3 Å². The van der Waals surface area contributed by atoms with Gasteiger partial charge in [0.05, 0.1) is 6.04 Å². The van der Waals surface area contributed by atoms with Gasteiger partial charge < -0.3 is 10.1 Å². The number of amides is 1. The fraction of sp³-hybridized carbons (Fsp3) is 0.480. The first-order valence-corrected chi connectivity index (χ1v) is 10.9. The maximum absolute atomic E-state index is 13.9. The van der Waals surface area contributed by atoms with Gasteiger partial charge in [0.15, 0.2) is 0 Å². The van der Waals surface area contributed by atoms with Crippen LogP contribution in [0.2, 0.25) is 0 Å². The molecule has 160 valence electrons. The minimum Gasteiger partial charge on any atom is -0.487 e. The molecular formula is C25H31FN2O2. The summed E-state index contributed by atoms with van der Waals surface area (Å²) in [5, 5.41) is 3.30. The van der Waals surface area contributed by atoms with Gasteiger partial charge in [-0.15, -0.1) is 0 Å². The summed E-state index contributed by atoms with van der Waals surface area (Å²) in [5.41, 5.74) is 2.61. The topological polar surface area (TPSA) is 41.6 Å². The van der Waals surface area contributed by atoms with Gasteiger partial charge in [0, 0.05) is 30.0 Å².